The molecule has 0 aliphatic carbocycles. The third-order valence-electron chi connectivity index (χ3n) is 3.78. The number of nitrogens with zero attached hydrogens (tertiary/aromatic N) is 2. The van der Waals surface area contributed by atoms with Gasteiger partial charge in [-0.05, 0) is 30.2 Å². The minimum Gasteiger partial charge on any atom is -0.357 e. The summed E-state index contributed by atoms with van der Waals surface area (Å²) in [6.07, 6.45) is 0. The van der Waals surface area contributed by atoms with E-state index in [9.17, 15) is 8.60 Å². The average molecular weight is 376 g/mol. The zero-order valence-corrected chi connectivity index (χ0v) is 16.1. The van der Waals surface area contributed by atoms with Crippen molar-refractivity contribution in [1.82, 2.24) is 10.2 Å². The number of halogens is 1. The molecule has 6 heteroatoms. The summed E-state index contributed by atoms with van der Waals surface area (Å²) in [6, 6.07) is 16.3. The fraction of sp³-hybridized carbons (Fsp3) is 0.350. The Kier molecular flexibility index (Phi) is 8.28. The van der Waals surface area contributed by atoms with Gasteiger partial charge in [0, 0.05) is 42.4 Å². The van der Waals surface area contributed by atoms with E-state index in [4.69, 9.17) is 0 Å². The standard InChI is InChI=1S/C20H26FN3OS/c1-3-22-20(24(2)15-17-9-11-19(21)12-10-17)23-13-14-26(25)16-18-7-5-4-6-8-18/h4-12H,3,13-16H2,1-2H3,(H,22,23). The maximum atomic E-state index is 13.0. The van der Waals surface area contributed by atoms with Crippen molar-refractivity contribution in [1.29, 1.82) is 0 Å². The highest BCUT2D eigenvalue weighted by Gasteiger charge is 2.07. The van der Waals surface area contributed by atoms with Crippen molar-refractivity contribution in [2.75, 3.05) is 25.9 Å². The molecule has 26 heavy (non-hydrogen) atoms. The van der Waals surface area contributed by atoms with E-state index in [0.717, 1.165) is 23.6 Å². The molecule has 1 N–H and O–H groups in total. The van der Waals surface area contributed by atoms with Gasteiger partial charge in [0.2, 0.25) is 0 Å². The van der Waals surface area contributed by atoms with Gasteiger partial charge >= 0.3 is 0 Å². The van der Waals surface area contributed by atoms with Gasteiger partial charge in [0.15, 0.2) is 5.96 Å². The van der Waals surface area contributed by atoms with E-state index in [0.29, 0.717) is 24.6 Å². The third kappa shape index (κ3) is 6.96. The quantitative estimate of drug-likeness (QED) is 0.569. The van der Waals surface area contributed by atoms with E-state index in [1.807, 2.05) is 49.2 Å². The summed E-state index contributed by atoms with van der Waals surface area (Å²) >= 11 is 0. The molecule has 0 spiro atoms. The van der Waals surface area contributed by atoms with Crippen LogP contribution >= 0.6 is 0 Å². The zero-order valence-electron chi connectivity index (χ0n) is 15.3. The van der Waals surface area contributed by atoms with Crippen LogP contribution in [0.5, 0.6) is 0 Å². The number of hydrogen-bond acceptors (Lipinski definition) is 2. The van der Waals surface area contributed by atoms with Crippen LogP contribution in [0.1, 0.15) is 18.1 Å². The Labute approximate surface area is 157 Å². The van der Waals surface area contributed by atoms with Gasteiger partial charge in [0.25, 0.3) is 0 Å². The van der Waals surface area contributed by atoms with E-state index in [1.165, 1.54) is 12.1 Å². The number of benzene rings is 2. The van der Waals surface area contributed by atoms with Crippen molar-refractivity contribution in [2.45, 2.75) is 19.2 Å². The van der Waals surface area contributed by atoms with Crippen LogP contribution in [-0.4, -0.2) is 41.0 Å². The second-order valence-corrected chi connectivity index (χ2v) is 7.57. The molecule has 1 unspecified atom stereocenters. The molecule has 0 amide bonds. The molecule has 0 fully saturated rings. The van der Waals surface area contributed by atoms with Crippen LogP contribution in [0.3, 0.4) is 0 Å². The van der Waals surface area contributed by atoms with Gasteiger partial charge in [-0.1, -0.05) is 42.5 Å². The van der Waals surface area contributed by atoms with Gasteiger partial charge in [-0.25, -0.2) is 4.39 Å². The average Bonchev–Trinajstić information content (AvgIpc) is 2.63. The fourth-order valence-electron chi connectivity index (χ4n) is 2.49. The van der Waals surface area contributed by atoms with E-state index in [-0.39, 0.29) is 5.82 Å². The van der Waals surface area contributed by atoms with Crippen LogP contribution < -0.4 is 5.32 Å². The van der Waals surface area contributed by atoms with Gasteiger partial charge < -0.3 is 10.2 Å². The molecule has 2 aromatic carbocycles. The Morgan fingerprint density at radius 3 is 2.46 bits per heavy atom. The lowest BCUT2D eigenvalue weighted by atomic mass is 10.2. The Morgan fingerprint density at radius 2 is 1.81 bits per heavy atom. The van der Waals surface area contributed by atoms with Crippen LogP contribution in [0.2, 0.25) is 0 Å². The van der Waals surface area contributed by atoms with Crippen LogP contribution in [0.4, 0.5) is 4.39 Å². The first-order valence-corrected chi connectivity index (χ1v) is 10.2. The Hall–Kier alpha value is -2.21. The number of hydrogen-bond donors (Lipinski definition) is 1. The Morgan fingerprint density at radius 1 is 1.12 bits per heavy atom. The summed E-state index contributed by atoms with van der Waals surface area (Å²) in [5, 5.41) is 3.24. The van der Waals surface area contributed by atoms with Crippen molar-refractivity contribution in [3.8, 4) is 0 Å². The molecule has 0 radical (unpaired) electrons. The number of nitrogens with one attached hydrogen (secondary N) is 1. The predicted molar refractivity (Wildman–Crippen MR) is 107 cm³/mol. The SMILES string of the molecule is CCNC(=NCCS(=O)Cc1ccccc1)N(C)Cc1ccc(F)cc1. The maximum absolute atomic E-state index is 13.0. The first-order chi connectivity index (χ1) is 12.6. The molecule has 2 aromatic rings. The Balaban J connectivity index is 1.88. The summed E-state index contributed by atoms with van der Waals surface area (Å²) in [5.41, 5.74) is 2.09. The smallest absolute Gasteiger partial charge is 0.193 e. The lowest BCUT2D eigenvalue weighted by Crippen LogP contribution is -2.38. The maximum Gasteiger partial charge on any atom is 0.193 e. The van der Waals surface area contributed by atoms with E-state index < -0.39 is 10.8 Å². The van der Waals surface area contributed by atoms with Gasteiger partial charge in [0.05, 0.1) is 6.54 Å². The first kappa shape index (κ1) is 20.1. The van der Waals surface area contributed by atoms with Gasteiger partial charge in [-0.2, -0.15) is 0 Å². The van der Waals surface area contributed by atoms with E-state index >= 15 is 0 Å². The Bertz CT molecular complexity index is 720. The normalized spacial score (nSPS) is 12.7. The fourth-order valence-corrected chi connectivity index (χ4v) is 3.50. The molecular formula is C20H26FN3OS. The van der Waals surface area contributed by atoms with Crippen molar-refractivity contribution >= 4 is 16.8 Å². The number of rotatable bonds is 8. The van der Waals surface area contributed by atoms with Crippen LogP contribution in [0, 0.1) is 5.82 Å². The molecule has 0 saturated heterocycles. The summed E-state index contributed by atoms with van der Waals surface area (Å²) in [7, 11) is 0.996. The van der Waals surface area contributed by atoms with Crippen molar-refractivity contribution in [2.24, 2.45) is 4.99 Å². The summed E-state index contributed by atoms with van der Waals surface area (Å²) in [4.78, 5) is 6.56. The molecule has 0 aromatic heterocycles. The highest BCUT2D eigenvalue weighted by molar-refractivity contribution is 7.84. The molecule has 0 heterocycles. The topological polar surface area (TPSA) is 44.7 Å². The molecule has 2 rings (SSSR count). The van der Waals surface area contributed by atoms with Crippen LogP contribution in [-0.2, 0) is 23.1 Å². The van der Waals surface area contributed by atoms with Crippen LogP contribution in [0.15, 0.2) is 59.6 Å². The lowest BCUT2D eigenvalue weighted by Gasteiger charge is -2.22. The largest absolute Gasteiger partial charge is 0.357 e. The summed E-state index contributed by atoms with van der Waals surface area (Å²) in [6.45, 7) is 3.88. The molecule has 4 nitrogen and oxygen atoms in total. The summed E-state index contributed by atoms with van der Waals surface area (Å²) in [5.74, 6) is 1.60. The first-order valence-electron chi connectivity index (χ1n) is 8.71. The minimum absolute atomic E-state index is 0.238. The molecule has 140 valence electrons. The van der Waals surface area contributed by atoms with Crippen molar-refractivity contribution in [3.05, 3.63) is 71.5 Å². The molecule has 0 aliphatic rings. The van der Waals surface area contributed by atoms with Gasteiger partial charge in [0.1, 0.15) is 5.82 Å². The highest BCUT2D eigenvalue weighted by atomic mass is 32.2. The molecule has 0 saturated carbocycles. The highest BCUT2D eigenvalue weighted by Crippen LogP contribution is 2.06. The molecule has 0 bridgehead atoms. The van der Waals surface area contributed by atoms with Gasteiger partial charge in [-0.15, -0.1) is 0 Å². The molecule has 1 atom stereocenters. The second kappa shape index (κ2) is 10.7. The lowest BCUT2D eigenvalue weighted by molar-refractivity contribution is 0.477. The van der Waals surface area contributed by atoms with Crippen molar-refractivity contribution < 1.29 is 8.60 Å². The van der Waals surface area contributed by atoms with Gasteiger partial charge in [-0.3, -0.25) is 9.20 Å². The summed E-state index contributed by atoms with van der Waals surface area (Å²) < 4.78 is 25.2. The van der Waals surface area contributed by atoms with E-state index in [1.54, 1.807) is 12.1 Å². The van der Waals surface area contributed by atoms with Crippen molar-refractivity contribution in [3.63, 3.8) is 0 Å². The van der Waals surface area contributed by atoms with E-state index in [2.05, 4.69) is 10.3 Å². The molecular weight excluding hydrogens is 349 g/mol. The third-order valence-corrected chi connectivity index (χ3v) is 5.07. The number of guanidine groups is 1. The predicted octanol–water partition coefficient (Wildman–Crippen LogP) is 3.17. The second-order valence-electron chi connectivity index (χ2n) is 5.99. The monoisotopic (exact) mass is 375 g/mol. The van der Waals surface area contributed by atoms with Crippen LogP contribution in [0.25, 0.3) is 0 Å². The number of aliphatic imine (C=N–C) groups is 1. The molecule has 0 aliphatic heterocycles. The minimum atomic E-state index is -0.940. The zero-order chi connectivity index (χ0) is 18.8.